The van der Waals surface area contributed by atoms with Crippen molar-refractivity contribution < 1.29 is 21.1 Å². The molecule has 0 atom stereocenters. The van der Waals surface area contributed by atoms with Crippen LogP contribution in [-0.2, 0) is 21.1 Å². The topological polar surface area (TPSA) is 0 Å². The number of benzene rings is 6. The van der Waals surface area contributed by atoms with Gasteiger partial charge in [-0.1, -0.05) is 224 Å². The minimum atomic E-state index is -0.446. The smallest absolute Gasteiger partial charge is 0.693 e. The Bertz CT molecular complexity index is 1520. The van der Waals surface area contributed by atoms with Gasteiger partial charge in [0.2, 0.25) is 0 Å². The van der Waals surface area contributed by atoms with E-state index in [1.807, 2.05) is 41.5 Å². The van der Waals surface area contributed by atoms with Gasteiger partial charge in [0.25, 0.3) is 0 Å². The van der Waals surface area contributed by atoms with E-state index in [-0.39, 0.29) is 31.9 Å². The second kappa shape index (κ2) is 22.7. The van der Waals surface area contributed by atoms with Crippen molar-refractivity contribution in [1.29, 1.82) is 0 Å². The van der Waals surface area contributed by atoms with E-state index in [0.29, 0.717) is 0 Å². The van der Waals surface area contributed by atoms with E-state index < -0.39 is 15.8 Å². The molecule has 0 fully saturated rings. The van der Waals surface area contributed by atoms with E-state index in [4.69, 9.17) is 12.8 Å². The molecule has 0 aliphatic rings. The minimum Gasteiger partial charge on any atom is -0.693 e. The van der Waals surface area contributed by atoms with Crippen molar-refractivity contribution in [3.05, 3.63) is 195 Å². The molecule has 0 amide bonds. The van der Waals surface area contributed by atoms with Gasteiger partial charge in [-0.3, -0.25) is 0 Å². The summed E-state index contributed by atoms with van der Waals surface area (Å²) in [7, 11) is -0.892. The summed E-state index contributed by atoms with van der Waals surface area (Å²) in [5, 5.41) is 8.39. The molecule has 6 aromatic rings. The molecule has 0 saturated heterocycles. The summed E-state index contributed by atoms with van der Waals surface area (Å²) in [5.74, 6) is 4.71. The summed E-state index contributed by atoms with van der Waals surface area (Å²) in [4.78, 5) is 0. The standard InChI is InChI=1S/2C18H15P.2C6H9.Pt/c2*1-4-10-16(11-5-1)19(17-12-6-2-7-13-17)18-14-8-3-9-15-18;2*1-5-6(2,3)4;/h2*1-15H;2*2-4H3;/q;;2*-1;+2. The first-order chi connectivity index (χ1) is 24.0. The van der Waals surface area contributed by atoms with Gasteiger partial charge in [-0.05, 0) is 58.5 Å². The van der Waals surface area contributed by atoms with E-state index in [0.717, 1.165) is 0 Å². The maximum absolute atomic E-state index is 6.60. The van der Waals surface area contributed by atoms with Crippen molar-refractivity contribution in [2.75, 3.05) is 0 Å². The zero-order valence-corrected chi connectivity index (χ0v) is 34.6. The zero-order chi connectivity index (χ0) is 36.2. The van der Waals surface area contributed by atoms with Gasteiger partial charge >= 0.3 is 21.1 Å². The van der Waals surface area contributed by atoms with Gasteiger partial charge in [-0.15, -0.1) is 0 Å². The molecular formula is C48H48P2Pt. The number of rotatable bonds is 6. The van der Waals surface area contributed by atoms with Gasteiger partial charge in [0.05, 0.1) is 0 Å². The Morgan fingerprint density at radius 1 is 0.314 bits per heavy atom. The van der Waals surface area contributed by atoms with Crippen LogP contribution in [0.2, 0.25) is 0 Å². The fourth-order valence-corrected chi connectivity index (χ4v) is 8.97. The molecule has 0 nitrogen and oxygen atoms in total. The van der Waals surface area contributed by atoms with Crippen LogP contribution in [0.1, 0.15) is 41.5 Å². The molecule has 0 N–H and O–H groups in total. The van der Waals surface area contributed by atoms with E-state index in [9.17, 15) is 0 Å². The van der Waals surface area contributed by atoms with Crippen molar-refractivity contribution in [3.8, 4) is 11.8 Å². The average molecular weight is 882 g/mol. The molecular weight excluding hydrogens is 834 g/mol. The average Bonchev–Trinajstić information content (AvgIpc) is 3.15. The summed E-state index contributed by atoms with van der Waals surface area (Å²) >= 11 is 0. The van der Waals surface area contributed by atoms with Crippen molar-refractivity contribution in [2.24, 2.45) is 10.8 Å². The fraction of sp³-hybridized carbons (Fsp3) is 0.167. The molecule has 3 heteroatoms. The molecule has 0 radical (unpaired) electrons. The van der Waals surface area contributed by atoms with Crippen LogP contribution >= 0.6 is 15.8 Å². The molecule has 0 aliphatic carbocycles. The molecule has 0 unspecified atom stereocenters. The Labute approximate surface area is 325 Å². The predicted molar refractivity (Wildman–Crippen MR) is 223 cm³/mol. The summed E-state index contributed by atoms with van der Waals surface area (Å²) in [5.41, 5.74) is -0.0833. The summed E-state index contributed by atoms with van der Waals surface area (Å²) in [6.07, 6.45) is 13.2. The Balaban J connectivity index is 0.000000266. The third-order valence-electron chi connectivity index (χ3n) is 6.84. The second-order valence-electron chi connectivity index (χ2n) is 13.4. The summed E-state index contributed by atoms with van der Waals surface area (Å²) < 4.78 is 0. The van der Waals surface area contributed by atoms with Crippen LogP contribution in [0.4, 0.5) is 0 Å². The Kier molecular flexibility index (Phi) is 19.2. The van der Waals surface area contributed by atoms with Crippen LogP contribution in [0.5, 0.6) is 0 Å². The molecule has 51 heavy (non-hydrogen) atoms. The van der Waals surface area contributed by atoms with Crippen LogP contribution in [-0.4, -0.2) is 0 Å². The third kappa shape index (κ3) is 16.3. The number of hydrogen-bond donors (Lipinski definition) is 0. The summed E-state index contributed by atoms with van der Waals surface area (Å²) in [6.45, 7) is 11.7. The minimum absolute atomic E-state index is 0. The molecule has 0 aromatic heterocycles. The predicted octanol–water partition coefficient (Wildman–Crippen LogP) is 10.1. The number of hydrogen-bond acceptors (Lipinski definition) is 0. The maximum Gasteiger partial charge on any atom is 2.00 e. The van der Waals surface area contributed by atoms with Crippen LogP contribution in [0.25, 0.3) is 0 Å². The fourth-order valence-electron chi connectivity index (χ4n) is 4.36. The Morgan fingerprint density at radius 2 is 0.431 bits per heavy atom. The van der Waals surface area contributed by atoms with Crippen molar-refractivity contribution in [1.82, 2.24) is 0 Å². The first-order valence-corrected chi connectivity index (χ1v) is 19.5. The molecule has 0 heterocycles. The monoisotopic (exact) mass is 881 g/mol. The van der Waals surface area contributed by atoms with Gasteiger partial charge in [0, 0.05) is 0 Å². The molecule has 0 bridgehead atoms. The van der Waals surface area contributed by atoms with Crippen LogP contribution in [0.3, 0.4) is 0 Å². The normalized spacial score (nSPS) is 10.3. The van der Waals surface area contributed by atoms with E-state index in [2.05, 4.69) is 194 Å². The molecule has 6 aromatic carbocycles. The molecule has 0 saturated carbocycles. The van der Waals surface area contributed by atoms with Gasteiger partial charge in [0.1, 0.15) is 0 Å². The maximum atomic E-state index is 6.60. The van der Waals surface area contributed by atoms with Gasteiger partial charge < -0.3 is 24.7 Å². The molecule has 6 rings (SSSR count). The van der Waals surface area contributed by atoms with Crippen LogP contribution in [0.15, 0.2) is 182 Å². The van der Waals surface area contributed by atoms with Crippen molar-refractivity contribution in [3.63, 3.8) is 0 Å². The van der Waals surface area contributed by atoms with Gasteiger partial charge in [-0.2, -0.15) is 0 Å². The van der Waals surface area contributed by atoms with Crippen molar-refractivity contribution >= 4 is 47.7 Å². The third-order valence-corrected chi connectivity index (χ3v) is 11.7. The zero-order valence-electron chi connectivity index (χ0n) is 30.5. The van der Waals surface area contributed by atoms with E-state index in [1.165, 1.54) is 31.8 Å². The van der Waals surface area contributed by atoms with E-state index in [1.54, 1.807) is 0 Å². The SMILES string of the molecule is [C-]#CC(C)(C)C.[C-]#CC(C)(C)C.[Pt+2].c1ccc(P(c2ccccc2)c2ccccc2)cc1.c1ccc(P(c2ccccc2)c2ccccc2)cc1. The second-order valence-corrected chi connectivity index (χ2v) is 17.9. The summed E-state index contributed by atoms with van der Waals surface area (Å²) in [6, 6.07) is 64.7. The van der Waals surface area contributed by atoms with Crippen molar-refractivity contribution in [2.45, 2.75) is 41.5 Å². The first kappa shape index (κ1) is 43.2. The first-order valence-electron chi connectivity index (χ1n) is 16.8. The Hall–Kier alpha value is -4.01. The van der Waals surface area contributed by atoms with E-state index >= 15 is 0 Å². The largest absolute Gasteiger partial charge is 2.00 e. The quantitative estimate of drug-likeness (QED) is 0.0889. The molecule has 260 valence electrons. The van der Waals surface area contributed by atoms with Gasteiger partial charge in [0.15, 0.2) is 0 Å². The van der Waals surface area contributed by atoms with Gasteiger partial charge in [-0.25, -0.2) is 0 Å². The molecule has 0 aliphatic heterocycles. The van der Waals surface area contributed by atoms with Crippen LogP contribution < -0.4 is 31.8 Å². The Morgan fingerprint density at radius 3 is 0.529 bits per heavy atom. The van der Waals surface area contributed by atoms with Crippen LogP contribution in [0, 0.1) is 35.5 Å². The molecule has 0 spiro atoms.